The summed E-state index contributed by atoms with van der Waals surface area (Å²) in [5.74, 6) is 0.207. The van der Waals surface area contributed by atoms with Gasteiger partial charge in [0.2, 0.25) is 5.91 Å². The monoisotopic (exact) mass is 387 g/mol. The van der Waals surface area contributed by atoms with Gasteiger partial charge in [-0.2, -0.15) is 0 Å². The Bertz CT molecular complexity index is 518. The van der Waals surface area contributed by atoms with E-state index in [-0.39, 0.29) is 42.7 Å². The molecule has 1 amide bonds. The lowest BCUT2D eigenvalue weighted by atomic mass is 9.85. The van der Waals surface area contributed by atoms with E-state index >= 15 is 0 Å². The highest BCUT2D eigenvalue weighted by atomic mass is 35.5. The minimum Gasteiger partial charge on any atom is -0.328 e. The highest BCUT2D eigenvalue weighted by Gasteiger charge is 2.25. The molecule has 1 heterocycles. The van der Waals surface area contributed by atoms with Gasteiger partial charge in [0, 0.05) is 24.2 Å². The lowest BCUT2D eigenvalue weighted by molar-refractivity contribution is -0.120. The van der Waals surface area contributed by atoms with Crippen molar-refractivity contribution in [1.82, 2.24) is 4.90 Å². The molecule has 2 unspecified atom stereocenters. The summed E-state index contributed by atoms with van der Waals surface area (Å²) >= 11 is 0. The molecule has 25 heavy (non-hydrogen) atoms. The number of rotatable bonds is 5. The molecule has 1 saturated heterocycles. The third-order valence-electron chi connectivity index (χ3n) is 5.22. The number of carbonyl (C=O) groups is 1. The van der Waals surface area contributed by atoms with Gasteiger partial charge >= 0.3 is 0 Å². The Kier molecular flexibility index (Phi) is 9.80. The van der Waals surface area contributed by atoms with Crippen molar-refractivity contribution < 1.29 is 4.79 Å². The lowest BCUT2D eigenvalue weighted by Gasteiger charge is -2.25. The Morgan fingerprint density at radius 2 is 1.76 bits per heavy atom. The highest BCUT2D eigenvalue weighted by Crippen LogP contribution is 2.24. The molecule has 4 nitrogen and oxygen atoms in total. The van der Waals surface area contributed by atoms with Crippen LogP contribution in [0.1, 0.15) is 44.1 Å². The molecule has 1 aromatic rings. The van der Waals surface area contributed by atoms with Gasteiger partial charge in [0.15, 0.2) is 0 Å². The van der Waals surface area contributed by atoms with E-state index in [1.54, 1.807) is 0 Å². The Morgan fingerprint density at radius 3 is 2.40 bits per heavy atom. The number of halogens is 2. The van der Waals surface area contributed by atoms with Crippen LogP contribution in [0.25, 0.3) is 0 Å². The molecule has 0 radical (unpaired) electrons. The van der Waals surface area contributed by atoms with Gasteiger partial charge in [0.05, 0.1) is 0 Å². The van der Waals surface area contributed by atoms with Gasteiger partial charge in [-0.15, -0.1) is 24.8 Å². The molecule has 2 fully saturated rings. The standard InChI is InChI=1S/C19H29N3O.2ClH/c20-17-5-3-4-16(14-17)19(23)21-18-8-6-15(7-9-18)10-13-22-11-1-2-12-22;;/h6-9,16-17H,1-5,10-14,20H2,(H,21,23);2*1H. The van der Waals surface area contributed by atoms with Crippen LogP contribution in [0, 0.1) is 5.92 Å². The molecule has 2 atom stereocenters. The van der Waals surface area contributed by atoms with Crippen molar-refractivity contribution in [1.29, 1.82) is 0 Å². The quantitative estimate of drug-likeness (QED) is 0.810. The number of anilines is 1. The molecule has 1 aliphatic carbocycles. The predicted octanol–water partition coefficient (Wildman–Crippen LogP) is 3.62. The van der Waals surface area contributed by atoms with Crippen molar-refractivity contribution >= 4 is 36.4 Å². The van der Waals surface area contributed by atoms with Crippen molar-refractivity contribution in [3.8, 4) is 0 Å². The summed E-state index contributed by atoms with van der Waals surface area (Å²) in [4.78, 5) is 14.9. The zero-order valence-corrected chi connectivity index (χ0v) is 16.4. The second kappa shape index (κ2) is 11.0. The largest absolute Gasteiger partial charge is 0.328 e. The number of nitrogens with zero attached hydrogens (tertiary/aromatic N) is 1. The molecular weight excluding hydrogens is 357 g/mol. The molecule has 6 heteroatoms. The van der Waals surface area contributed by atoms with Gasteiger partial charge < -0.3 is 16.0 Å². The fourth-order valence-corrected chi connectivity index (χ4v) is 3.76. The van der Waals surface area contributed by atoms with Crippen molar-refractivity contribution in [3.05, 3.63) is 29.8 Å². The summed E-state index contributed by atoms with van der Waals surface area (Å²) in [7, 11) is 0. The molecular formula is C19H31Cl2N3O. The van der Waals surface area contributed by atoms with E-state index in [1.807, 2.05) is 12.1 Å². The van der Waals surface area contributed by atoms with Gasteiger partial charge in [-0.1, -0.05) is 18.6 Å². The maximum atomic E-state index is 12.3. The van der Waals surface area contributed by atoms with E-state index in [0.717, 1.165) is 44.3 Å². The summed E-state index contributed by atoms with van der Waals surface area (Å²) in [6, 6.07) is 8.52. The Morgan fingerprint density at radius 1 is 1.08 bits per heavy atom. The Labute approximate surface area is 163 Å². The molecule has 3 rings (SSSR count). The van der Waals surface area contributed by atoms with Crippen molar-refractivity contribution in [3.63, 3.8) is 0 Å². The zero-order valence-electron chi connectivity index (χ0n) is 14.8. The van der Waals surface area contributed by atoms with E-state index in [1.165, 1.54) is 31.5 Å². The second-order valence-corrected chi connectivity index (χ2v) is 7.11. The predicted molar refractivity (Wildman–Crippen MR) is 109 cm³/mol. The molecule has 0 aromatic heterocycles. The SMILES string of the molecule is Cl.Cl.NC1CCCC(C(=O)Nc2ccc(CCN3CCCC3)cc2)C1. The summed E-state index contributed by atoms with van der Waals surface area (Å²) in [6.45, 7) is 3.64. The van der Waals surface area contributed by atoms with Crippen molar-refractivity contribution in [2.24, 2.45) is 11.7 Å². The fourth-order valence-electron chi connectivity index (χ4n) is 3.76. The van der Waals surface area contributed by atoms with E-state index < -0.39 is 0 Å². The summed E-state index contributed by atoms with van der Waals surface area (Å²) < 4.78 is 0. The van der Waals surface area contributed by atoms with Crippen molar-refractivity contribution in [2.45, 2.75) is 51.0 Å². The molecule has 2 aliphatic rings. The average Bonchev–Trinajstić information content (AvgIpc) is 3.08. The normalized spacial score (nSPS) is 23.4. The van der Waals surface area contributed by atoms with Gasteiger partial charge in [0.1, 0.15) is 0 Å². The van der Waals surface area contributed by atoms with Crippen LogP contribution < -0.4 is 11.1 Å². The van der Waals surface area contributed by atoms with Gasteiger partial charge in [-0.25, -0.2) is 0 Å². The number of carbonyl (C=O) groups excluding carboxylic acids is 1. The van der Waals surface area contributed by atoms with Crippen LogP contribution in [0.2, 0.25) is 0 Å². The zero-order chi connectivity index (χ0) is 16.1. The number of nitrogens with two attached hydrogens (primary N) is 1. The Hall–Kier alpha value is -0.810. The lowest BCUT2D eigenvalue weighted by Crippen LogP contribution is -2.34. The van der Waals surface area contributed by atoms with Crippen LogP contribution in [0.3, 0.4) is 0 Å². The van der Waals surface area contributed by atoms with Crippen LogP contribution in [-0.4, -0.2) is 36.5 Å². The van der Waals surface area contributed by atoms with Gasteiger partial charge in [-0.05, 0) is 69.3 Å². The number of hydrogen-bond donors (Lipinski definition) is 2. The molecule has 0 bridgehead atoms. The molecule has 0 spiro atoms. The van der Waals surface area contributed by atoms with Crippen LogP contribution in [0.5, 0.6) is 0 Å². The third-order valence-corrected chi connectivity index (χ3v) is 5.22. The first-order valence-electron chi connectivity index (χ1n) is 9.08. The summed E-state index contributed by atoms with van der Waals surface area (Å²) in [6.07, 6.45) is 7.68. The number of likely N-dealkylation sites (tertiary alicyclic amines) is 1. The molecule has 1 saturated carbocycles. The van der Waals surface area contributed by atoms with Crippen molar-refractivity contribution in [2.75, 3.05) is 25.0 Å². The van der Waals surface area contributed by atoms with Gasteiger partial charge in [-0.3, -0.25) is 4.79 Å². The minimum atomic E-state index is 0. The fraction of sp³-hybridized carbons (Fsp3) is 0.632. The number of hydrogen-bond acceptors (Lipinski definition) is 3. The van der Waals surface area contributed by atoms with E-state index in [0.29, 0.717) is 0 Å². The number of nitrogens with one attached hydrogen (secondary N) is 1. The highest BCUT2D eigenvalue weighted by molar-refractivity contribution is 5.92. The second-order valence-electron chi connectivity index (χ2n) is 7.11. The third kappa shape index (κ3) is 6.78. The van der Waals surface area contributed by atoms with Crippen LogP contribution in [-0.2, 0) is 11.2 Å². The van der Waals surface area contributed by atoms with Crippen LogP contribution in [0.15, 0.2) is 24.3 Å². The van der Waals surface area contributed by atoms with Crippen LogP contribution >= 0.6 is 24.8 Å². The van der Waals surface area contributed by atoms with Gasteiger partial charge in [0.25, 0.3) is 0 Å². The van der Waals surface area contributed by atoms with Crippen LogP contribution in [0.4, 0.5) is 5.69 Å². The molecule has 1 aromatic carbocycles. The minimum absolute atomic E-state index is 0. The maximum absolute atomic E-state index is 12.3. The first kappa shape index (κ1) is 22.2. The van der Waals surface area contributed by atoms with E-state index in [9.17, 15) is 4.79 Å². The van der Waals surface area contributed by atoms with E-state index in [2.05, 4.69) is 22.3 Å². The maximum Gasteiger partial charge on any atom is 0.227 e. The molecule has 142 valence electrons. The first-order chi connectivity index (χ1) is 11.2. The summed E-state index contributed by atoms with van der Waals surface area (Å²) in [5, 5.41) is 3.05. The average molecular weight is 388 g/mol. The summed E-state index contributed by atoms with van der Waals surface area (Å²) in [5.41, 5.74) is 8.22. The van der Waals surface area contributed by atoms with E-state index in [4.69, 9.17) is 5.73 Å². The Balaban J connectivity index is 0.00000156. The molecule has 3 N–H and O–H groups in total. The topological polar surface area (TPSA) is 58.4 Å². The first-order valence-corrected chi connectivity index (χ1v) is 9.08. The smallest absolute Gasteiger partial charge is 0.227 e. The number of benzene rings is 1. The molecule has 1 aliphatic heterocycles. The number of amides is 1.